The van der Waals surface area contributed by atoms with Crippen molar-refractivity contribution >= 4 is 30.6 Å². The van der Waals surface area contributed by atoms with Gasteiger partial charge in [-0.25, -0.2) is 0 Å². The number of rotatable bonds is 1. The Kier molecular flexibility index (Phi) is 5.98. The van der Waals surface area contributed by atoms with Gasteiger partial charge in [0, 0.05) is 0 Å². The van der Waals surface area contributed by atoms with Crippen LogP contribution in [0, 0.1) is 19.3 Å². The lowest BCUT2D eigenvalue weighted by Crippen LogP contribution is -2.63. The predicted molar refractivity (Wildman–Crippen MR) is 137 cm³/mol. The van der Waals surface area contributed by atoms with Crippen molar-refractivity contribution in [2.45, 2.75) is 54.6 Å². The van der Waals surface area contributed by atoms with Crippen LogP contribution < -0.4 is 20.8 Å². The Morgan fingerprint density at radius 1 is 0.733 bits per heavy atom. The molecule has 0 nitrogen and oxygen atoms in total. The van der Waals surface area contributed by atoms with Crippen LogP contribution >= 0.6 is 0 Å². The molecule has 0 saturated carbocycles. The smallest absolute Gasteiger partial charge is 0.0918 e. The van der Waals surface area contributed by atoms with Crippen molar-refractivity contribution < 1.29 is 0 Å². The van der Waals surface area contributed by atoms with Crippen molar-refractivity contribution in [3.8, 4) is 0 Å². The van der Waals surface area contributed by atoms with Crippen molar-refractivity contribution in [1.29, 1.82) is 0 Å². The minimum atomic E-state index is -1.75. The third-order valence-electron chi connectivity index (χ3n) is 5.56. The Hall–Kier alpha value is -2.38. The van der Waals surface area contributed by atoms with Gasteiger partial charge in [-0.1, -0.05) is 114 Å². The molecule has 1 aliphatic rings. The molecule has 0 saturated heterocycles. The van der Waals surface area contributed by atoms with Crippen molar-refractivity contribution in [3.63, 3.8) is 0 Å². The number of aryl methyl sites for hydroxylation is 2. The highest BCUT2D eigenvalue weighted by atomic mass is 28.3. The maximum atomic E-state index is 4.20. The number of hydrogen-bond donors (Lipinski definition) is 0. The van der Waals surface area contributed by atoms with E-state index in [4.69, 9.17) is 0 Å². The van der Waals surface area contributed by atoms with E-state index in [9.17, 15) is 0 Å². The zero-order valence-corrected chi connectivity index (χ0v) is 21.0. The first-order valence-electron chi connectivity index (χ1n) is 10.9. The Labute approximate surface area is 184 Å². The molecule has 0 atom stereocenters. The molecule has 0 bridgehead atoms. The number of hydrogen-bond acceptors (Lipinski definition) is 0. The summed E-state index contributed by atoms with van der Waals surface area (Å²) in [7, 11) is -1.75. The highest BCUT2D eigenvalue weighted by Crippen LogP contribution is 2.27. The first-order chi connectivity index (χ1) is 13.9. The van der Waals surface area contributed by atoms with E-state index in [2.05, 4.69) is 122 Å². The molecular formula is C29H36Si. The molecule has 1 heterocycles. The van der Waals surface area contributed by atoms with Crippen LogP contribution in [0.3, 0.4) is 0 Å². The van der Waals surface area contributed by atoms with Gasteiger partial charge in [-0.3, -0.25) is 0 Å². The van der Waals surface area contributed by atoms with Crippen LogP contribution in [0.2, 0.25) is 13.1 Å². The van der Waals surface area contributed by atoms with Crippen molar-refractivity contribution in [2.24, 2.45) is 5.41 Å². The molecule has 0 N–H and O–H groups in total. The van der Waals surface area contributed by atoms with Crippen LogP contribution in [0.1, 0.15) is 49.9 Å². The quantitative estimate of drug-likeness (QED) is 0.485. The molecule has 1 heteroatoms. The zero-order valence-electron chi connectivity index (χ0n) is 20.0. The van der Waals surface area contributed by atoms with Gasteiger partial charge in [0.2, 0.25) is 0 Å². The SMILES string of the molecule is C=c1ccc2c(c1)[Si](C)(C)c1cc(C)ccc1C=2c1ccccc1C.CC(C)(C)C. The zero-order chi connectivity index (χ0) is 22.3. The van der Waals surface area contributed by atoms with Gasteiger partial charge in [0.05, 0.1) is 0 Å². The van der Waals surface area contributed by atoms with Gasteiger partial charge in [0.15, 0.2) is 0 Å². The van der Waals surface area contributed by atoms with Gasteiger partial charge in [0.25, 0.3) is 0 Å². The first-order valence-corrected chi connectivity index (χ1v) is 13.9. The van der Waals surface area contributed by atoms with E-state index in [-0.39, 0.29) is 0 Å². The summed E-state index contributed by atoms with van der Waals surface area (Å²) in [5.74, 6) is 0. The predicted octanol–water partition coefficient (Wildman–Crippen LogP) is 5.15. The van der Waals surface area contributed by atoms with Crippen molar-refractivity contribution in [1.82, 2.24) is 0 Å². The Morgan fingerprint density at radius 3 is 2.00 bits per heavy atom. The number of benzene rings is 3. The molecule has 30 heavy (non-hydrogen) atoms. The molecule has 0 aliphatic carbocycles. The van der Waals surface area contributed by atoms with Gasteiger partial charge in [-0.2, -0.15) is 0 Å². The topological polar surface area (TPSA) is 0 Å². The third-order valence-corrected chi connectivity index (χ3v) is 9.08. The second-order valence-corrected chi connectivity index (χ2v) is 15.1. The molecule has 1 aliphatic heterocycles. The largest absolute Gasteiger partial charge is 0.113 e. The van der Waals surface area contributed by atoms with E-state index < -0.39 is 8.07 Å². The van der Waals surface area contributed by atoms with E-state index in [1.807, 2.05) is 0 Å². The highest BCUT2D eigenvalue weighted by molar-refractivity contribution is 7.01. The molecule has 156 valence electrons. The lowest BCUT2D eigenvalue weighted by molar-refractivity contribution is 0.469. The number of fused-ring (bicyclic) bond motifs is 2. The van der Waals surface area contributed by atoms with Crippen LogP contribution in [0.4, 0.5) is 0 Å². The molecule has 0 radical (unpaired) electrons. The summed E-state index contributed by atoms with van der Waals surface area (Å²) < 4.78 is 0. The normalized spacial score (nSPS) is 14.3. The third kappa shape index (κ3) is 4.52. The van der Waals surface area contributed by atoms with E-state index in [1.165, 1.54) is 38.2 Å². The fourth-order valence-electron chi connectivity index (χ4n) is 4.15. The molecule has 0 fully saturated rings. The maximum absolute atomic E-state index is 4.20. The Balaban J connectivity index is 0.000000461. The fraction of sp³-hybridized carbons (Fsp3) is 0.310. The monoisotopic (exact) mass is 412 g/mol. The summed E-state index contributed by atoms with van der Waals surface area (Å²) in [6.07, 6.45) is 0. The van der Waals surface area contributed by atoms with Crippen molar-refractivity contribution in [3.05, 3.63) is 93.4 Å². The average molecular weight is 413 g/mol. The van der Waals surface area contributed by atoms with Gasteiger partial charge in [-0.05, 0) is 62.3 Å². The van der Waals surface area contributed by atoms with Gasteiger partial charge < -0.3 is 0 Å². The first kappa shape index (κ1) is 22.3. The van der Waals surface area contributed by atoms with E-state index in [0.29, 0.717) is 5.41 Å². The van der Waals surface area contributed by atoms with E-state index >= 15 is 0 Å². The molecule has 0 spiro atoms. The second-order valence-electron chi connectivity index (χ2n) is 10.7. The molecule has 0 aromatic heterocycles. The summed E-state index contributed by atoms with van der Waals surface area (Å²) >= 11 is 0. The standard InChI is InChI=1S/C24H24Si.C5H12/c1-16-10-12-20-22(14-16)25(4,5)23-15-17(2)11-13-21(23)24(20)19-9-7-6-8-18(19)3;1-5(2,3)4/h6-15H,1H2,2-5H3;1-4H3. The van der Waals surface area contributed by atoms with Crippen LogP contribution in [0.15, 0.2) is 60.7 Å². The minimum Gasteiger partial charge on any atom is -0.0918 e. The summed E-state index contributed by atoms with van der Waals surface area (Å²) in [5.41, 5.74) is 7.32. The molecule has 3 aromatic carbocycles. The second kappa shape index (κ2) is 8.04. The van der Waals surface area contributed by atoms with Crippen LogP contribution in [-0.4, -0.2) is 8.07 Å². The maximum Gasteiger partial charge on any atom is 0.113 e. The lowest BCUT2D eigenvalue weighted by atomic mass is 9.91. The fourth-order valence-corrected chi connectivity index (χ4v) is 7.34. The molecule has 4 rings (SSSR count). The van der Waals surface area contributed by atoms with E-state index in [0.717, 1.165) is 5.22 Å². The van der Waals surface area contributed by atoms with Gasteiger partial charge in [0.1, 0.15) is 8.07 Å². The van der Waals surface area contributed by atoms with Gasteiger partial charge >= 0.3 is 0 Å². The molecular weight excluding hydrogens is 376 g/mol. The molecule has 0 amide bonds. The minimum absolute atomic E-state index is 0.500. The highest BCUT2D eigenvalue weighted by Gasteiger charge is 2.34. The lowest BCUT2D eigenvalue weighted by Gasteiger charge is -2.33. The Morgan fingerprint density at radius 2 is 1.37 bits per heavy atom. The van der Waals surface area contributed by atoms with E-state index in [1.54, 1.807) is 5.19 Å². The summed E-state index contributed by atoms with van der Waals surface area (Å²) in [5, 5.41) is 5.56. The summed E-state index contributed by atoms with van der Waals surface area (Å²) in [4.78, 5) is 0. The summed E-state index contributed by atoms with van der Waals surface area (Å²) in [6.45, 7) is 22.3. The van der Waals surface area contributed by atoms with Crippen molar-refractivity contribution in [2.75, 3.05) is 0 Å². The van der Waals surface area contributed by atoms with Gasteiger partial charge in [-0.15, -0.1) is 0 Å². The molecule has 3 aromatic rings. The van der Waals surface area contributed by atoms with Crippen LogP contribution in [0.25, 0.3) is 12.2 Å². The molecule has 0 unspecified atom stereocenters. The summed E-state index contributed by atoms with van der Waals surface area (Å²) in [6, 6.07) is 22.5. The van der Waals surface area contributed by atoms with Crippen LogP contribution in [-0.2, 0) is 0 Å². The Bertz CT molecular complexity index is 1180. The average Bonchev–Trinajstić information content (AvgIpc) is 2.63. The van der Waals surface area contributed by atoms with Crippen LogP contribution in [0.5, 0.6) is 0 Å².